The lowest BCUT2D eigenvalue weighted by Gasteiger charge is -2.15. The van der Waals surface area contributed by atoms with Crippen LogP contribution in [0.5, 0.6) is 0 Å². The summed E-state index contributed by atoms with van der Waals surface area (Å²) in [5, 5.41) is 8.82. The average Bonchev–Trinajstić information content (AvgIpc) is 2.68. The van der Waals surface area contributed by atoms with Crippen LogP contribution in [-0.2, 0) is 9.59 Å². The molecule has 1 aliphatic rings. The van der Waals surface area contributed by atoms with Crippen molar-refractivity contribution in [2.75, 3.05) is 19.6 Å². The first-order valence-corrected chi connectivity index (χ1v) is 5.91. The van der Waals surface area contributed by atoms with Gasteiger partial charge in [0, 0.05) is 31.5 Å². The molecule has 0 aromatic rings. The van der Waals surface area contributed by atoms with Crippen molar-refractivity contribution in [2.24, 2.45) is 5.92 Å². The Morgan fingerprint density at radius 1 is 1.62 bits per heavy atom. The highest BCUT2D eigenvalue weighted by Gasteiger charge is 2.21. The SMILES string of the molecule is CCNCC(C)C(=O)NCC1CCC(=O)N1. The second-order valence-corrected chi connectivity index (χ2v) is 4.26. The number of carbonyl (C=O) groups excluding carboxylic acids is 2. The molecule has 2 atom stereocenters. The van der Waals surface area contributed by atoms with Gasteiger partial charge in [0.1, 0.15) is 0 Å². The van der Waals surface area contributed by atoms with Crippen LogP contribution in [0.1, 0.15) is 26.7 Å². The van der Waals surface area contributed by atoms with E-state index < -0.39 is 0 Å². The van der Waals surface area contributed by atoms with Crippen molar-refractivity contribution in [2.45, 2.75) is 32.7 Å². The number of hydrogen-bond donors (Lipinski definition) is 3. The summed E-state index contributed by atoms with van der Waals surface area (Å²) in [4.78, 5) is 22.6. The summed E-state index contributed by atoms with van der Waals surface area (Å²) in [5.74, 6) is 0.0964. The molecule has 0 spiro atoms. The first-order valence-electron chi connectivity index (χ1n) is 5.91. The smallest absolute Gasteiger partial charge is 0.224 e. The Kier molecular flexibility index (Phi) is 5.25. The van der Waals surface area contributed by atoms with Gasteiger partial charge in [-0.1, -0.05) is 13.8 Å². The van der Waals surface area contributed by atoms with Crippen molar-refractivity contribution >= 4 is 11.8 Å². The van der Waals surface area contributed by atoms with E-state index in [4.69, 9.17) is 0 Å². The van der Waals surface area contributed by atoms with E-state index in [9.17, 15) is 9.59 Å². The van der Waals surface area contributed by atoms with Crippen molar-refractivity contribution < 1.29 is 9.59 Å². The van der Waals surface area contributed by atoms with Crippen LogP contribution in [0, 0.1) is 5.92 Å². The van der Waals surface area contributed by atoms with Gasteiger partial charge in [-0.05, 0) is 13.0 Å². The fourth-order valence-corrected chi connectivity index (χ4v) is 1.68. The Bertz CT molecular complexity index is 256. The summed E-state index contributed by atoms with van der Waals surface area (Å²) in [6.45, 7) is 6.01. The van der Waals surface area contributed by atoms with E-state index >= 15 is 0 Å². The molecule has 0 bridgehead atoms. The summed E-state index contributed by atoms with van der Waals surface area (Å²) in [7, 11) is 0. The van der Waals surface area contributed by atoms with Gasteiger partial charge in [-0.15, -0.1) is 0 Å². The zero-order valence-corrected chi connectivity index (χ0v) is 10.0. The van der Waals surface area contributed by atoms with Crippen molar-refractivity contribution in [3.05, 3.63) is 0 Å². The zero-order valence-electron chi connectivity index (χ0n) is 10.0. The van der Waals surface area contributed by atoms with E-state index in [1.807, 2.05) is 13.8 Å². The molecule has 1 fully saturated rings. The average molecular weight is 227 g/mol. The van der Waals surface area contributed by atoms with Gasteiger partial charge < -0.3 is 16.0 Å². The third kappa shape index (κ3) is 4.18. The molecular weight excluding hydrogens is 206 g/mol. The molecular formula is C11H21N3O2. The predicted octanol–water partition coefficient (Wildman–Crippen LogP) is -0.373. The first-order chi connectivity index (χ1) is 7.63. The quantitative estimate of drug-likeness (QED) is 0.579. The second-order valence-electron chi connectivity index (χ2n) is 4.26. The number of nitrogens with one attached hydrogen (secondary N) is 3. The van der Waals surface area contributed by atoms with E-state index in [2.05, 4.69) is 16.0 Å². The highest BCUT2D eigenvalue weighted by molar-refractivity contribution is 5.80. The Morgan fingerprint density at radius 3 is 2.94 bits per heavy atom. The van der Waals surface area contributed by atoms with Crippen LogP contribution in [0.2, 0.25) is 0 Å². The molecule has 0 saturated carbocycles. The van der Waals surface area contributed by atoms with Crippen molar-refractivity contribution in [3.8, 4) is 0 Å². The normalized spacial score (nSPS) is 21.6. The molecule has 5 heteroatoms. The van der Waals surface area contributed by atoms with Crippen LogP contribution in [0.25, 0.3) is 0 Å². The molecule has 92 valence electrons. The molecule has 0 aliphatic carbocycles. The number of carbonyl (C=O) groups is 2. The standard InChI is InChI=1S/C11H21N3O2/c1-3-12-6-8(2)11(16)13-7-9-4-5-10(15)14-9/h8-9,12H,3-7H2,1-2H3,(H,13,16)(H,14,15). The molecule has 0 aromatic carbocycles. The summed E-state index contributed by atoms with van der Waals surface area (Å²) in [6, 6.07) is 0.114. The fraction of sp³-hybridized carbons (Fsp3) is 0.818. The van der Waals surface area contributed by atoms with E-state index in [1.54, 1.807) is 0 Å². The van der Waals surface area contributed by atoms with Gasteiger partial charge in [0.25, 0.3) is 0 Å². The maximum Gasteiger partial charge on any atom is 0.224 e. The van der Waals surface area contributed by atoms with Crippen molar-refractivity contribution in [3.63, 3.8) is 0 Å². The monoisotopic (exact) mass is 227 g/mol. The van der Waals surface area contributed by atoms with Gasteiger partial charge in [0.05, 0.1) is 0 Å². The molecule has 1 heterocycles. The second kappa shape index (κ2) is 6.48. The van der Waals surface area contributed by atoms with Crippen LogP contribution in [-0.4, -0.2) is 37.5 Å². The molecule has 1 saturated heterocycles. The maximum absolute atomic E-state index is 11.6. The molecule has 3 N–H and O–H groups in total. The number of amides is 2. The number of rotatable bonds is 6. The number of hydrogen-bond acceptors (Lipinski definition) is 3. The lowest BCUT2D eigenvalue weighted by Crippen LogP contribution is -2.42. The zero-order chi connectivity index (χ0) is 12.0. The summed E-state index contributed by atoms with van der Waals surface area (Å²) >= 11 is 0. The molecule has 2 amide bonds. The van der Waals surface area contributed by atoms with E-state index in [-0.39, 0.29) is 23.8 Å². The molecule has 0 aromatic heterocycles. The van der Waals surface area contributed by atoms with E-state index in [0.717, 1.165) is 13.0 Å². The minimum atomic E-state index is -0.0305. The summed E-state index contributed by atoms with van der Waals surface area (Å²) < 4.78 is 0. The largest absolute Gasteiger partial charge is 0.354 e. The van der Waals surface area contributed by atoms with Gasteiger partial charge in [-0.3, -0.25) is 9.59 Å². The van der Waals surface area contributed by atoms with Gasteiger partial charge in [-0.25, -0.2) is 0 Å². The molecule has 16 heavy (non-hydrogen) atoms. The predicted molar refractivity (Wildman–Crippen MR) is 61.9 cm³/mol. The molecule has 5 nitrogen and oxygen atoms in total. The Labute approximate surface area is 96.4 Å². The maximum atomic E-state index is 11.6. The lowest BCUT2D eigenvalue weighted by molar-refractivity contribution is -0.124. The first kappa shape index (κ1) is 13.0. The Balaban J connectivity index is 2.16. The summed E-state index contributed by atoms with van der Waals surface area (Å²) in [5.41, 5.74) is 0. The third-order valence-electron chi connectivity index (χ3n) is 2.76. The highest BCUT2D eigenvalue weighted by Crippen LogP contribution is 2.05. The van der Waals surface area contributed by atoms with E-state index in [1.165, 1.54) is 0 Å². The van der Waals surface area contributed by atoms with Crippen LogP contribution >= 0.6 is 0 Å². The van der Waals surface area contributed by atoms with Crippen LogP contribution in [0.15, 0.2) is 0 Å². The van der Waals surface area contributed by atoms with Gasteiger partial charge in [-0.2, -0.15) is 0 Å². The minimum absolute atomic E-state index is 0.0305. The van der Waals surface area contributed by atoms with Crippen LogP contribution < -0.4 is 16.0 Å². The Morgan fingerprint density at radius 2 is 2.38 bits per heavy atom. The molecule has 2 unspecified atom stereocenters. The minimum Gasteiger partial charge on any atom is -0.354 e. The lowest BCUT2D eigenvalue weighted by atomic mass is 10.1. The molecule has 0 radical (unpaired) electrons. The van der Waals surface area contributed by atoms with Crippen molar-refractivity contribution in [1.82, 2.24) is 16.0 Å². The van der Waals surface area contributed by atoms with Gasteiger partial charge in [0.2, 0.25) is 11.8 Å². The van der Waals surface area contributed by atoms with Gasteiger partial charge in [0.15, 0.2) is 0 Å². The van der Waals surface area contributed by atoms with Crippen molar-refractivity contribution in [1.29, 1.82) is 0 Å². The molecule has 1 rings (SSSR count). The Hall–Kier alpha value is -1.10. The summed E-state index contributed by atoms with van der Waals surface area (Å²) in [6.07, 6.45) is 1.40. The molecule has 1 aliphatic heterocycles. The topological polar surface area (TPSA) is 70.2 Å². The van der Waals surface area contributed by atoms with Gasteiger partial charge >= 0.3 is 0 Å². The van der Waals surface area contributed by atoms with Crippen LogP contribution in [0.3, 0.4) is 0 Å². The fourth-order valence-electron chi connectivity index (χ4n) is 1.68. The van der Waals surface area contributed by atoms with E-state index in [0.29, 0.717) is 19.5 Å². The van der Waals surface area contributed by atoms with Crippen LogP contribution in [0.4, 0.5) is 0 Å². The third-order valence-corrected chi connectivity index (χ3v) is 2.76. The highest BCUT2D eigenvalue weighted by atomic mass is 16.2.